The van der Waals surface area contributed by atoms with Gasteiger partial charge >= 0.3 is 0 Å². The minimum Gasteiger partial charge on any atom is -0.505 e. The molecule has 0 saturated heterocycles. The number of sulfone groups is 1. The molecule has 2 N–H and O–H groups in total. The van der Waals surface area contributed by atoms with Crippen LogP contribution in [-0.4, -0.2) is 19.3 Å². The van der Waals surface area contributed by atoms with Crippen molar-refractivity contribution in [3.8, 4) is 5.75 Å². The Balaban J connectivity index is 2.09. The van der Waals surface area contributed by atoms with E-state index in [0.29, 0.717) is 11.3 Å². The number of phenolic OH excluding ortho intramolecular Hbond substituents is 1. The second-order valence-corrected chi connectivity index (χ2v) is 6.81. The molecule has 0 aromatic heterocycles. The summed E-state index contributed by atoms with van der Waals surface area (Å²) in [7, 11) is -3.21. The van der Waals surface area contributed by atoms with Crippen molar-refractivity contribution in [1.82, 2.24) is 0 Å². The topological polar surface area (TPSA) is 66.4 Å². The van der Waals surface area contributed by atoms with Gasteiger partial charge in [-0.15, -0.1) is 0 Å². The molecular formula is C15H16FNO3S. The van der Waals surface area contributed by atoms with Gasteiger partial charge in [-0.1, -0.05) is 19.1 Å². The highest BCUT2D eigenvalue weighted by Gasteiger charge is 2.11. The fourth-order valence-electron chi connectivity index (χ4n) is 1.85. The van der Waals surface area contributed by atoms with E-state index < -0.39 is 15.7 Å². The fourth-order valence-corrected chi connectivity index (χ4v) is 2.73. The van der Waals surface area contributed by atoms with Crippen molar-refractivity contribution < 1.29 is 17.9 Å². The Bertz CT molecular complexity index is 727. The maximum absolute atomic E-state index is 13.2. The van der Waals surface area contributed by atoms with Crippen LogP contribution in [0.25, 0.3) is 0 Å². The number of phenols is 1. The van der Waals surface area contributed by atoms with Crippen LogP contribution in [0.2, 0.25) is 0 Å². The molecule has 0 radical (unpaired) electrons. The molecule has 0 atom stereocenters. The Morgan fingerprint density at radius 1 is 1.14 bits per heavy atom. The minimum absolute atomic E-state index is 0.0525. The molecule has 112 valence electrons. The third-order valence-corrected chi connectivity index (χ3v) is 4.90. The van der Waals surface area contributed by atoms with Gasteiger partial charge in [-0.2, -0.15) is 0 Å². The number of aromatic hydroxyl groups is 1. The largest absolute Gasteiger partial charge is 0.505 e. The number of hydrogen-bond donors (Lipinski definition) is 2. The summed E-state index contributed by atoms with van der Waals surface area (Å²) in [6.07, 6.45) is 0. The molecule has 0 heterocycles. The smallest absolute Gasteiger partial charge is 0.178 e. The first-order valence-corrected chi connectivity index (χ1v) is 8.12. The van der Waals surface area contributed by atoms with E-state index in [4.69, 9.17) is 0 Å². The lowest BCUT2D eigenvalue weighted by atomic mass is 10.2. The van der Waals surface area contributed by atoms with E-state index in [1.807, 2.05) is 0 Å². The molecule has 2 rings (SSSR count). The van der Waals surface area contributed by atoms with E-state index >= 15 is 0 Å². The molecule has 0 aliphatic carbocycles. The molecule has 2 aromatic carbocycles. The predicted molar refractivity (Wildman–Crippen MR) is 79.6 cm³/mol. The average Bonchev–Trinajstić information content (AvgIpc) is 2.49. The standard InChI is InChI=1S/C15H16FNO3S/c1-2-21(19,20)13-8-6-12(7-9-13)17-10-11-4-3-5-14(16)15(11)18/h3-9,17-18H,2,10H2,1H3. The third-order valence-electron chi connectivity index (χ3n) is 3.15. The molecule has 6 heteroatoms. The van der Waals surface area contributed by atoms with Gasteiger partial charge in [0.15, 0.2) is 21.4 Å². The van der Waals surface area contributed by atoms with Crippen molar-refractivity contribution >= 4 is 15.5 Å². The number of anilines is 1. The fraction of sp³-hybridized carbons (Fsp3) is 0.200. The molecule has 21 heavy (non-hydrogen) atoms. The van der Waals surface area contributed by atoms with Crippen molar-refractivity contribution in [3.63, 3.8) is 0 Å². The van der Waals surface area contributed by atoms with Crippen LogP contribution in [-0.2, 0) is 16.4 Å². The molecular weight excluding hydrogens is 293 g/mol. The highest BCUT2D eigenvalue weighted by Crippen LogP contribution is 2.22. The maximum atomic E-state index is 13.2. The summed E-state index contributed by atoms with van der Waals surface area (Å²) in [5, 5.41) is 12.6. The SMILES string of the molecule is CCS(=O)(=O)c1ccc(NCc2cccc(F)c2O)cc1. The van der Waals surface area contributed by atoms with Crippen LogP contribution in [0.5, 0.6) is 5.75 Å². The van der Waals surface area contributed by atoms with Crippen LogP contribution >= 0.6 is 0 Å². The third kappa shape index (κ3) is 3.52. The number of hydrogen-bond acceptors (Lipinski definition) is 4. The quantitative estimate of drug-likeness (QED) is 0.891. The first-order valence-electron chi connectivity index (χ1n) is 6.47. The van der Waals surface area contributed by atoms with E-state index in [0.717, 1.165) is 0 Å². The van der Waals surface area contributed by atoms with E-state index in [2.05, 4.69) is 5.32 Å². The lowest BCUT2D eigenvalue weighted by molar-refractivity contribution is 0.427. The number of nitrogens with one attached hydrogen (secondary N) is 1. The molecule has 0 bridgehead atoms. The van der Waals surface area contributed by atoms with Crippen LogP contribution in [0, 0.1) is 5.82 Å². The highest BCUT2D eigenvalue weighted by atomic mass is 32.2. The molecule has 0 spiro atoms. The van der Waals surface area contributed by atoms with Crippen molar-refractivity contribution in [1.29, 1.82) is 0 Å². The summed E-state index contributed by atoms with van der Waals surface area (Å²) in [5.74, 6) is -0.995. The van der Waals surface area contributed by atoms with Crippen LogP contribution < -0.4 is 5.32 Å². The van der Waals surface area contributed by atoms with Crippen LogP contribution in [0.1, 0.15) is 12.5 Å². The Hall–Kier alpha value is -2.08. The Labute approximate surface area is 123 Å². The average molecular weight is 309 g/mol. The van der Waals surface area contributed by atoms with E-state index in [9.17, 15) is 17.9 Å². The molecule has 0 unspecified atom stereocenters. The van der Waals surface area contributed by atoms with Crippen molar-refractivity contribution in [2.24, 2.45) is 0 Å². The second-order valence-electron chi connectivity index (χ2n) is 4.53. The van der Waals surface area contributed by atoms with Gasteiger partial charge in [0.05, 0.1) is 10.6 Å². The zero-order valence-electron chi connectivity index (χ0n) is 11.5. The molecule has 0 aliphatic rings. The number of rotatable bonds is 5. The van der Waals surface area contributed by atoms with Gasteiger partial charge in [0.1, 0.15) is 0 Å². The zero-order chi connectivity index (χ0) is 15.5. The lowest BCUT2D eigenvalue weighted by Crippen LogP contribution is -2.04. The van der Waals surface area contributed by atoms with Crippen LogP contribution in [0.3, 0.4) is 0 Å². The first kappa shape index (κ1) is 15.3. The van der Waals surface area contributed by atoms with Crippen LogP contribution in [0.4, 0.5) is 10.1 Å². The monoisotopic (exact) mass is 309 g/mol. The summed E-state index contributed by atoms with van der Waals surface area (Å²) in [6, 6.07) is 10.6. The van der Waals surface area contributed by atoms with Gasteiger partial charge in [-0.3, -0.25) is 0 Å². The number of benzene rings is 2. The van der Waals surface area contributed by atoms with Crippen molar-refractivity contribution in [2.75, 3.05) is 11.1 Å². The molecule has 0 saturated carbocycles. The summed E-state index contributed by atoms with van der Waals surface area (Å²) in [5.41, 5.74) is 1.12. The van der Waals surface area contributed by atoms with Gasteiger partial charge in [-0.25, -0.2) is 12.8 Å². The number of para-hydroxylation sites is 1. The summed E-state index contributed by atoms with van der Waals surface area (Å²) in [6.45, 7) is 1.83. The maximum Gasteiger partial charge on any atom is 0.178 e. The molecule has 4 nitrogen and oxygen atoms in total. The summed E-state index contributed by atoms with van der Waals surface area (Å²) in [4.78, 5) is 0.268. The Kier molecular flexibility index (Phi) is 4.47. The summed E-state index contributed by atoms with van der Waals surface area (Å²) < 4.78 is 36.5. The van der Waals surface area contributed by atoms with Gasteiger partial charge in [0, 0.05) is 17.8 Å². The van der Waals surface area contributed by atoms with Crippen LogP contribution in [0.15, 0.2) is 47.4 Å². The lowest BCUT2D eigenvalue weighted by Gasteiger charge is -2.09. The van der Waals surface area contributed by atoms with Gasteiger partial charge in [-0.05, 0) is 30.3 Å². The second kappa shape index (κ2) is 6.13. The Morgan fingerprint density at radius 2 is 1.81 bits per heavy atom. The highest BCUT2D eigenvalue weighted by molar-refractivity contribution is 7.91. The normalized spacial score (nSPS) is 11.3. The molecule has 0 amide bonds. The van der Waals surface area contributed by atoms with Gasteiger partial charge in [0.2, 0.25) is 0 Å². The first-order chi connectivity index (χ1) is 9.94. The van der Waals surface area contributed by atoms with Gasteiger partial charge in [0.25, 0.3) is 0 Å². The van der Waals surface area contributed by atoms with Gasteiger partial charge < -0.3 is 10.4 Å². The predicted octanol–water partition coefficient (Wildman–Crippen LogP) is 2.94. The minimum atomic E-state index is -3.21. The van der Waals surface area contributed by atoms with E-state index in [1.54, 1.807) is 25.1 Å². The van der Waals surface area contributed by atoms with Crippen molar-refractivity contribution in [2.45, 2.75) is 18.4 Å². The molecule has 2 aromatic rings. The van der Waals surface area contributed by atoms with E-state index in [1.165, 1.54) is 24.3 Å². The van der Waals surface area contributed by atoms with E-state index in [-0.39, 0.29) is 22.9 Å². The zero-order valence-corrected chi connectivity index (χ0v) is 12.3. The molecule has 0 aliphatic heterocycles. The molecule has 0 fully saturated rings. The summed E-state index contributed by atoms with van der Waals surface area (Å²) >= 11 is 0. The number of halogens is 1. The van der Waals surface area contributed by atoms with Crippen molar-refractivity contribution in [3.05, 3.63) is 53.8 Å². The Morgan fingerprint density at radius 3 is 2.43 bits per heavy atom.